The Balaban J connectivity index is 1.66. The summed E-state index contributed by atoms with van der Waals surface area (Å²) in [7, 11) is -0.636. The first-order valence-electron chi connectivity index (χ1n) is 10.5. The summed E-state index contributed by atoms with van der Waals surface area (Å²) in [4.78, 5) is 13.6. The number of benzene rings is 3. The summed E-state index contributed by atoms with van der Waals surface area (Å²) in [6.07, 6.45) is 0. The van der Waals surface area contributed by atoms with Crippen molar-refractivity contribution < 1.29 is 22.7 Å². The van der Waals surface area contributed by atoms with E-state index in [0.29, 0.717) is 22.9 Å². The first-order valence-corrected chi connectivity index (χ1v) is 12.9. The maximum absolute atomic E-state index is 12.8. The molecule has 9 heteroatoms. The fraction of sp³-hybridized carbons (Fsp3) is 0.240. The lowest BCUT2D eigenvalue weighted by atomic mass is 10.1. The minimum atomic E-state index is -3.76. The van der Waals surface area contributed by atoms with Gasteiger partial charge in [-0.05, 0) is 74.4 Å². The van der Waals surface area contributed by atoms with E-state index in [9.17, 15) is 13.2 Å². The topological polar surface area (TPSA) is 93.7 Å². The zero-order valence-corrected chi connectivity index (χ0v) is 21.3. The highest BCUT2D eigenvalue weighted by Crippen LogP contribution is 2.34. The molecule has 0 unspecified atom stereocenters. The normalized spacial score (nSPS) is 12.0. The van der Waals surface area contributed by atoms with Crippen LogP contribution >= 0.6 is 11.8 Å². The first kappa shape index (κ1) is 25.5. The van der Waals surface area contributed by atoms with Gasteiger partial charge in [0, 0.05) is 10.6 Å². The summed E-state index contributed by atoms with van der Waals surface area (Å²) in [5, 5.41) is 2.43. The molecule has 0 fully saturated rings. The molecule has 0 aliphatic rings. The Morgan fingerprint density at radius 1 is 0.912 bits per heavy atom. The van der Waals surface area contributed by atoms with Crippen LogP contribution in [0, 0.1) is 13.8 Å². The number of amides is 1. The molecule has 1 atom stereocenters. The lowest BCUT2D eigenvalue weighted by Gasteiger charge is -2.15. The number of hydrogen-bond acceptors (Lipinski definition) is 6. The van der Waals surface area contributed by atoms with Crippen molar-refractivity contribution >= 4 is 39.1 Å². The van der Waals surface area contributed by atoms with Gasteiger partial charge < -0.3 is 14.8 Å². The van der Waals surface area contributed by atoms with E-state index in [2.05, 4.69) is 10.0 Å². The zero-order chi connectivity index (χ0) is 24.9. The summed E-state index contributed by atoms with van der Waals surface area (Å²) < 4.78 is 38.9. The van der Waals surface area contributed by atoms with Gasteiger partial charge in [-0.3, -0.25) is 9.52 Å². The molecule has 0 aliphatic heterocycles. The molecule has 0 spiro atoms. The van der Waals surface area contributed by atoms with Gasteiger partial charge in [-0.1, -0.05) is 18.2 Å². The van der Waals surface area contributed by atoms with Gasteiger partial charge in [-0.15, -0.1) is 11.8 Å². The third kappa shape index (κ3) is 6.03. The number of carbonyl (C=O) groups excluding carboxylic acids is 1. The SMILES string of the molecule is COc1ccc(S[C@@H](C)C(=O)Nc2ccc(S(=O)(=O)Nc3c(C)cccc3C)cc2)cc1OC. The molecule has 3 rings (SSSR count). The second-order valence-corrected chi connectivity index (χ2v) is 10.8. The second kappa shape index (κ2) is 10.8. The third-order valence-electron chi connectivity index (χ3n) is 5.19. The Morgan fingerprint density at radius 3 is 2.12 bits per heavy atom. The smallest absolute Gasteiger partial charge is 0.261 e. The van der Waals surface area contributed by atoms with E-state index in [0.717, 1.165) is 16.0 Å². The van der Waals surface area contributed by atoms with Crippen LogP contribution in [-0.4, -0.2) is 33.8 Å². The number of sulfonamides is 1. The molecule has 3 aromatic carbocycles. The third-order valence-corrected chi connectivity index (χ3v) is 7.65. The molecular formula is C25H28N2O5S2. The van der Waals surface area contributed by atoms with Crippen LogP contribution < -0.4 is 19.5 Å². The van der Waals surface area contributed by atoms with E-state index >= 15 is 0 Å². The van der Waals surface area contributed by atoms with Crippen molar-refractivity contribution in [1.82, 2.24) is 0 Å². The highest BCUT2D eigenvalue weighted by molar-refractivity contribution is 8.00. The van der Waals surface area contributed by atoms with E-state index in [-0.39, 0.29) is 10.8 Å². The number of nitrogens with one attached hydrogen (secondary N) is 2. The van der Waals surface area contributed by atoms with E-state index in [4.69, 9.17) is 9.47 Å². The number of thioether (sulfide) groups is 1. The van der Waals surface area contributed by atoms with Gasteiger partial charge in [-0.2, -0.15) is 0 Å². The summed E-state index contributed by atoms with van der Waals surface area (Å²) in [6.45, 7) is 5.50. The van der Waals surface area contributed by atoms with Crippen LogP contribution in [0.15, 0.2) is 70.5 Å². The molecule has 180 valence electrons. The maximum Gasteiger partial charge on any atom is 0.261 e. The molecule has 0 saturated carbocycles. The van der Waals surface area contributed by atoms with Crippen molar-refractivity contribution in [2.75, 3.05) is 24.3 Å². The van der Waals surface area contributed by atoms with E-state index in [1.807, 2.05) is 44.2 Å². The van der Waals surface area contributed by atoms with Crippen LogP contribution in [-0.2, 0) is 14.8 Å². The Kier molecular flexibility index (Phi) is 8.11. The predicted octanol–water partition coefficient (Wildman–Crippen LogP) is 5.24. The molecule has 0 radical (unpaired) electrons. The highest BCUT2D eigenvalue weighted by atomic mass is 32.2. The Morgan fingerprint density at radius 2 is 1.53 bits per heavy atom. The van der Waals surface area contributed by atoms with Crippen LogP contribution in [0.3, 0.4) is 0 Å². The molecule has 1 amide bonds. The molecule has 34 heavy (non-hydrogen) atoms. The largest absolute Gasteiger partial charge is 0.493 e. The summed E-state index contributed by atoms with van der Waals surface area (Å²) in [6, 6.07) is 17.1. The monoisotopic (exact) mass is 500 g/mol. The minimum absolute atomic E-state index is 0.112. The number of aryl methyl sites for hydroxylation is 2. The minimum Gasteiger partial charge on any atom is -0.493 e. The summed E-state index contributed by atoms with van der Waals surface area (Å²) >= 11 is 1.38. The molecule has 0 aromatic heterocycles. The molecule has 0 saturated heterocycles. The van der Waals surface area contributed by atoms with Crippen LogP contribution in [0.4, 0.5) is 11.4 Å². The lowest BCUT2D eigenvalue weighted by molar-refractivity contribution is -0.115. The quantitative estimate of drug-likeness (QED) is 0.390. The van der Waals surface area contributed by atoms with Gasteiger partial charge in [0.15, 0.2) is 11.5 Å². The van der Waals surface area contributed by atoms with Gasteiger partial charge in [0.05, 0.1) is 30.1 Å². The molecule has 0 aliphatic carbocycles. The zero-order valence-electron chi connectivity index (χ0n) is 19.7. The van der Waals surface area contributed by atoms with Crippen LogP contribution in [0.1, 0.15) is 18.1 Å². The van der Waals surface area contributed by atoms with Gasteiger partial charge in [-0.25, -0.2) is 8.42 Å². The average Bonchev–Trinajstić information content (AvgIpc) is 2.81. The lowest BCUT2D eigenvalue weighted by Crippen LogP contribution is -2.22. The van der Waals surface area contributed by atoms with Crippen LogP contribution in [0.5, 0.6) is 11.5 Å². The molecular weight excluding hydrogens is 472 g/mol. The van der Waals surface area contributed by atoms with Crippen molar-refractivity contribution in [3.8, 4) is 11.5 Å². The van der Waals surface area contributed by atoms with Crippen molar-refractivity contribution in [3.05, 3.63) is 71.8 Å². The average molecular weight is 501 g/mol. The number of hydrogen-bond donors (Lipinski definition) is 2. The molecule has 0 bridgehead atoms. The highest BCUT2D eigenvalue weighted by Gasteiger charge is 2.19. The fourth-order valence-corrected chi connectivity index (χ4v) is 5.38. The van der Waals surface area contributed by atoms with Gasteiger partial charge in [0.25, 0.3) is 10.0 Å². The Bertz CT molecular complexity index is 1250. The van der Waals surface area contributed by atoms with Crippen molar-refractivity contribution in [1.29, 1.82) is 0 Å². The van der Waals surface area contributed by atoms with Crippen molar-refractivity contribution in [3.63, 3.8) is 0 Å². The maximum atomic E-state index is 12.8. The van der Waals surface area contributed by atoms with Gasteiger partial charge in [0.2, 0.25) is 5.91 Å². The van der Waals surface area contributed by atoms with E-state index in [1.165, 1.54) is 23.9 Å². The number of ether oxygens (including phenoxy) is 2. The first-order chi connectivity index (χ1) is 16.1. The molecule has 3 aromatic rings. The van der Waals surface area contributed by atoms with Gasteiger partial charge in [0.1, 0.15) is 0 Å². The van der Waals surface area contributed by atoms with Crippen molar-refractivity contribution in [2.24, 2.45) is 0 Å². The van der Waals surface area contributed by atoms with E-state index < -0.39 is 15.3 Å². The molecule has 2 N–H and O–H groups in total. The number of para-hydroxylation sites is 1. The number of rotatable bonds is 9. The number of carbonyl (C=O) groups is 1. The summed E-state index contributed by atoms with van der Waals surface area (Å²) in [5.74, 6) is 1.00. The van der Waals surface area contributed by atoms with Crippen LogP contribution in [0.2, 0.25) is 0 Å². The van der Waals surface area contributed by atoms with Crippen LogP contribution in [0.25, 0.3) is 0 Å². The number of anilines is 2. The van der Waals surface area contributed by atoms with Crippen molar-refractivity contribution in [2.45, 2.75) is 35.8 Å². The Labute approximate surface area is 204 Å². The van der Waals surface area contributed by atoms with Gasteiger partial charge >= 0.3 is 0 Å². The fourth-order valence-electron chi connectivity index (χ4n) is 3.28. The molecule has 0 heterocycles. The predicted molar refractivity (Wildman–Crippen MR) is 137 cm³/mol. The molecule has 7 nitrogen and oxygen atoms in total. The number of methoxy groups -OCH3 is 2. The Hall–Kier alpha value is -3.17. The standard InChI is InChI=1S/C25H28N2O5S2/c1-16-7-6-8-17(2)24(16)27-34(29,30)21-12-9-19(10-13-21)26-25(28)18(3)33-20-11-14-22(31-4)23(15-20)32-5/h6-15,18,27H,1-5H3,(H,26,28)/t18-/m0/s1. The second-order valence-electron chi connectivity index (χ2n) is 7.66. The van der Waals surface area contributed by atoms with E-state index in [1.54, 1.807) is 39.3 Å². The summed E-state index contributed by atoms with van der Waals surface area (Å²) in [5.41, 5.74) is 2.76.